The van der Waals surface area contributed by atoms with E-state index < -0.39 is 10.0 Å². The predicted octanol–water partition coefficient (Wildman–Crippen LogP) is 2.32. The lowest BCUT2D eigenvalue weighted by atomic mass is 9.85. The van der Waals surface area contributed by atoms with Crippen molar-refractivity contribution >= 4 is 15.9 Å². The summed E-state index contributed by atoms with van der Waals surface area (Å²) >= 11 is 0. The molecule has 0 spiro atoms. The van der Waals surface area contributed by atoms with E-state index in [1.54, 1.807) is 13.8 Å². The Morgan fingerprint density at radius 3 is 2.33 bits per heavy atom. The number of piperidine rings is 1. The Morgan fingerprint density at radius 1 is 1.13 bits per heavy atom. The van der Waals surface area contributed by atoms with E-state index in [1.807, 2.05) is 6.92 Å². The third-order valence-electron chi connectivity index (χ3n) is 6.61. The van der Waals surface area contributed by atoms with Gasteiger partial charge in [-0.05, 0) is 58.5 Å². The lowest BCUT2D eigenvalue weighted by Gasteiger charge is -2.33. The van der Waals surface area contributed by atoms with Crippen LogP contribution in [0.4, 0.5) is 0 Å². The summed E-state index contributed by atoms with van der Waals surface area (Å²) in [6.07, 6.45) is 6.49. The summed E-state index contributed by atoms with van der Waals surface area (Å²) in [5.74, 6) is 0.487. The van der Waals surface area contributed by atoms with Crippen LogP contribution in [0.1, 0.15) is 56.9 Å². The van der Waals surface area contributed by atoms with Crippen LogP contribution in [0.5, 0.6) is 0 Å². The van der Waals surface area contributed by atoms with Gasteiger partial charge >= 0.3 is 0 Å². The van der Waals surface area contributed by atoms with Crippen molar-refractivity contribution in [1.29, 1.82) is 0 Å². The van der Waals surface area contributed by atoms with Gasteiger partial charge in [0, 0.05) is 32.1 Å². The monoisotopic (exact) mass is 440 g/mol. The van der Waals surface area contributed by atoms with E-state index in [0.717, 1.165) is 19.6 Å². The number of amides is 1. The Hall–Kier alpha value is -1.45. The van der Waals surface area contributed by atoms with Crippen molar-refractivity contribution in [1.82, 2.24) is 19.7 Å². The molecule has 1 aromatic rings. The molecule has 0 unspecified atom stereocenters. The summed E-state index contributed by atoms with van der Waals surface area (Å²) in [5, 5.41) is 6.87. The lowest BCUT2D eigenvalue weighted by molar-refractivity contribution is -0.126. The van der Waals surface area contributed by atoms with E-state index in [9.17, 15) is 13.2 Å². The first-order chi connectivity index (χ1) is 14.3. The van der Waals surface area contributed by atoms with Crippen molar-refractivity contribution in [3.63, 3.8) is 0 Å². The number of rotatable bonds is 7. The third kappa shape index (κ3) is 5.42. The molecule has 0 radical (unpaired) electrons. The van der Waals surface area contributed by atoms with E-state index in [2.05, 4.69) is 15.4 Å². The zero-order valence-corrected chi connectivity index (χ0v) is 19.3. The molecular weight excluding hydrogens is 404 g/mol. The molecule has 0 bridgehead atoms. The van der Waals surface area contributed by atoms with E-state index in [0.29, 0.717) is 43.9 Å². The van der Waals surface area contributed by atoms with Gasteiger partial charge in [0.05, 0.1) is 0 Å². The molecule has 2 fully saturated rings. The molecule has 30 heavy (non-hydrogen) atoms. The second-order valence-electron chi connectivity index (χ2n) is 8.73. The summed E-state index contributed by atoms with van der Waals surface area (Å²) in [6, 6.07) is 0. The zero-order valence-electron chi connectivity index (χ0n) is 18.5. The number of hydrogen-bond acceptors (Lipinski definition) is 6. The number of nitrogens with one attached hydrogen (secondary N) is 1. The van der Waals surface area contributed by atoms with Gasteiger partial charge in [0.1, 0.15) is 10.6 Å². The highest BCUT2D eigenvalue weighted by Crippen LogP contribution is 2.30. The molecule has 1 aromatic heterocycles. The molecule has 2 saturated heterocycles. The molecule has 2 aliphatic heterocycles. The Labute approximate surface area is 180 Å². The number of nitrogens with zero attached hydrogens (tertiary/aromatic N) is 3. The van der Waals surface area contributed by atoms with Crippen LogP contribution in [0.2, 0.25) is 0 Å². The van der Waals surface area contributed by atoms with Crippen molar-refractivity contribution in [2.24, 2.45) is 11.8 Å². The average molecular weight is 441 g/mol. The number of sulfonamides is 1. The van der Waals surface area contributed by atoms with Crippen molar-refractivity contribution in [2.45, 2.75) is 64.2 Å². The molecular formula is C21H36N4O4S. The van der Waals surface area contributed by atoms with Crippen LogP contribution in [-0.4, -0.2) is 68.0 Å². The van der Waals surface area contributed by atoms with Crippen LogP contribution in [0, 0.1) is 25.7 Å². The highest BCUT2D eigenvalue weighted by Gasteiger charge is 2.36. The normalized spacial score (nSPS) is 21.3. The molecule has 1 amide bonds. The Bertz CT molecular complexity index is 787. The van der Waals surface area contributed by atoms with Crippen LogP contribution in [-0.2, 0) is 14.8 Å². The fourth-order valence-electron chi connectivity index (χ4n) is 4.66. The minimum Gasteiger partial charge on any atom is -0.360 e. The number of aryl methyl sites for hydroxylation is 2. The number of likely N-dealkylation sites (tertiary alicyclic amines) is 1. The van der Waals surface area contributed by atoms with Crippen LogP contribution < -0.4 is 5.32 Å². The standard InChI is InChI=1S/C21H36N4O4S/c1-16(21(26)22-10-15-24-11-6-4-5-7-12-24)19-8-13-25(14-9-19)30(27,28)20-17(2)23-29-18(20)3/h16,19H,4-15H2,1-3H3,(H,22,26)/t16-/m1/s1. The summed E-state index contributed by atoms with van der Waals surface area (Å²) in [6.45, 7) is 9.92. The van der Waals surface area contributed by atoms with Gasteiger partial charge in [-0.15, -0.1) is 0 Å². The van der Waals surface area contributed by atoms with Gasteiger partial charge in [0.15, 0.2) is 5.76 Å². The maximum atomic E-state index is 13.0. The van der Waals surface area contributed by atoms with Crippen molar-refractivity contribution in [3.05, 3.63) is 11.5 Å². The molecule has 170 valence electrons. The molecule has 0 aromatic carbocycles. The quantitative estimate of drug-likeness (QED) is 0.699. The van der Waals surface area contributed by atoms with E-state index in [4.69, 9.17) is 4.52 Å². The van der Waals surface area contributed by atoms with Crippen LogP contribution >= 0.6 is 0 Å². The van der Waals surface area contributed by atoms with Crippen LogP contribution in [0.25, 0.3) is 0 Å². The molecule has 2 aliphatic rings. The van der Waals surface area contributed by atoms with Gasteiger partial charge in [0.2, 0.25) is 15.9 Å². The summed E-state index contributed by atoms with van der Waals surface area (Å²) in [5.41, 5.74) is 0.395. The number of carbonyl (C=O) groups excluding carboxylic acids is 1. The zero-order chi connectivity index (χ0) is 21.7. The van der Waals surface area contributed by atoms with Gasteiger partial charge in [-0.1, -0.05) is 24.9 Å². The van der Waals surface area contributed by atoms with E-state index >= 15 is 0 Å². The fraction of sp³-hybridized carbons (Fsp3) is 0.810. The second-order valence-corrected chi connectivity index (χ2v) is 10.6. The summed E-state index contributed by atoms with van der Waals surface area (Å²) in [4.78, 5) is 15.2. The van der Waals surface area contributed by atoms with Crippen molar-refractivity contribution in [2.75, 3.05) is 39.3 Å². The molecule has 8 nitrogen and oxygen atoms in total. The Balaban J connectivity index is 1.46. The smallest absolute Gasteiger partial charge is 0.248 e. The van der Waals surface area contributed by atoms with Crippen molar-refractivity contribution in [3.8, 4) is 0 Å². The van der Waals surface area contributed by atoms with Crippen LogP contribution in [0.3, 0.4) is 0 Å². The first kappa shape index (κ1) is 23.2. The van der Waals surface area contributed by atoms with E-state index in [1.165, 1.54) is 30.0 Å². The molecule has 0 aliphatic carbocycles. The van der Waals surface area contributed by atoms with Gasteiger partial charge in [-0.25, -0.2) is 8.42 Å². The molecule has 0 saturated carbocycles. The first-order valence-electron chi connectivity index (χ1n) is 11.2. The van der Waals surface area contributed by atoms with Gasteiger partial charge in [0.25, 0.3) is 0 Å². The third-order valence-corrected chi connectivity index (χ3v) is 8.75. The molecule has 1 N–H and O–H groups in total. The molecule has 3 heterocycles. The summed E-state index contributed by atoms with van der Waals surface area (Å²) in [7, 11) is -3.61. The molecule has 3 rings (SSSR count). The maximum Gasteiger partial charge on any atom is 0.248 e. The highest BCUT2D eigenvalue weighted by atomic mass is 32.2. The second kappa shape index (κ2) is 10.2. The minimum absolute atomic E-state index is 0.0804. The minimum atomic E-state index is -3.61. The van der Waals surface area contributed by atoms with Gasteiger partial charge in [-0.3, -0.25) is 4.79 Å². The average Bonchev–Trinajstić information content (AvgIpc) is 2.92. The molecule has 1 atom stereocenters. The lowest BCUT2D eigenvalue weighted by Crippen LogP contribution is -2.44. The largest absolute Gasteiger partial charge is 0.360 e. The number of hydrogen-bond donors (Lipinski definition) is 1. The van der Waals surface area contributed by atoms with Crippen molar-refractivity contribution < 1.29 is 17.7 Å². The number of aromatic nitrogens is 1. The Kier molecular flexibility index (Phi) is 7.92. The van der Waals surface area contributed by atoms with Crippen LogP contribution in [0.15, 0.2) is 9.42 Å². The Morgan fingerprint density at radius 2 is 1.77 bits per heavy atom. The first-order valence-corrected chi connectivity index (χ1v) is 12.7. The number of carbonyl (C=O) groups is 1. The topological polar surface area (TPSA) is 95.8 Å². The molecule has 9 heteroatoms. The van der Waals surface area contributed by atoms with Gasteiger partial charge < -0.3 is 14.7 Å². The summed E-state index contributed by atoms with van der Waals surface area (Å²) < 4.78 is 32.5. The highest BCUT2D eigenvalue weighted by molar-refractivity contribution is 7.89. The predicted molar refractivity (Wildman–Crippen MR) is 115 cm³/mol. The van der Waals surface area contributed by atoms with Gasteiger partial charge in [-0.2, -0.15) is 4.31 Å². The maximum absolute atomic E-state index is 13.0. The SMILES string of the molecule is Cc1noc(C)c1S(=O)(=O)N1CCC([C@@H](C)C(=O)NCCN2CCCCCC2)CC1. The fourth-order valence-corrected chi connectivity index (χ4v) is 6.42. The van der Waals surface area contributed by atoms with E-state index in [-0.39, 0.29) is 22.6 Å².